The Morgan fingerprint density at radius 2 is 2.33 bits per heavy atom. The van der Waals surface area contributed by atoms with Crippen molar-refractivity contribution in [2.45, 2.75) is 31.4 Å². The number of rotatable bonds is 5. The molecule has 15 heavy (non-hydrogen) atoms. The number of carbonyl (C=O) groups excluding carboxylic acids is 1. The van der Waals surface area contributed by atoms with Gasteiger partial charge in [0.05, 0.1) is 11.2 Å². The number of hydrogen-bond donors (Lipinski definition) is 2. The number of nitrogens with one attached hydrogen (secondary N) is 1. The quantitative estimate of drug-likeness (QED) is 0.744. The number of carboxylic acids is 1. The average molecular weight is 231 g/mol. The average Bonchev–Trinajstić information content (AvgIpc) is 2.70. The summed E-state index contributed by atoms with van der Waals surface area (Å²) in [5, 5.41) is 11.5. The van der Waals surface area contributed by atoms with Crippen LogP contribution in [0.25, 0.3) is 0 Å². The molecule has 2 N–H and O–H groups in total. The summed E-state index contributed by atoms with van der Waals surface area (Å²) in [5.74, 6) is -0.0695. The Bertz CT molecular complexity index is 239. The van der Waals surface area contributed by atoms with Crippen LogP contribution in [-0.4, -0.2) is 34.5 Å². The highest BCUT2D eigenvalue weighted by Crippen LogP contribution is 2.25. The molecule has 0 aliphatic carbocycles. The summed E-state index contributed by atoms with van der Waals surface area (Å²) in [6, 6.07) is 0. The molecule has 0 aromatic heterocycles. The molecular weight excluding hydrogens is 214 g/mol. The van der Waals surface area contributed by atoms with Crippen LogP contribution >= 0.6 is 11.8 Å². The van der Waals surface area contributed by atoms with E-state index in [1.165, 1.54) is 0 Å². The van der Waals surface area contributed by atoms with Crippen LogP contribution in [0.1, 0.15) is 26.2 Å². The second-order valence-corrected chi connectivity index (χ2v) is 5.13. The molecule has 1 amide bonds. The third-order valence-electron chi connectivity index (χ3n) is 2.52. The highest BCUT2D eigenvalue weighted by Gasteiger charge is 2.23. The minimum Gasteiger partial charge on any atom is -0.481 e. The van der Waals surface area contributed by atoms with Gasteiger partial charge in [-0.15, -0.1) is 11.8 Å². The van der Waals surface area contributed by atoms with Crippen molar-refractivity contribution >= 4 is 23.6 Å². The molecule has 0 aromatic carbocycles. The SMILES string of the molecule is CC(CCNC(=O)C1CCCS1)C(=O)O. The molecule has 1 fully saturated rings. The topological polar surface area (TPSA) is 66.4 Å². The van der Waals surface area contributed by atoms with Gasteiger partial charge in [-0.25, -0.2) is 0 Å². The van der Waals surface area contributed by atoms with Crippen molar-refractivity contribution in [3.8, 4) is 0 Å². The van der Waals surface area contributed by atoms with Crippen molar-refractivity contribution in [3.05, 3.63) is 0 Å². The number of carboxylic acid groups (broad SMARTS) is 1. The fourth-order valence-corrected chi connectivity index (χ4v) is 2.62. The molecule has 1 heterocycles. The highest BCUT2D eigenvalue weighted by atomic mass is 32.2. The lowest BCUT2D eigenvalue weighted by molar-refractivity contribution is -0.141. The molecular formula is C10H17NO3S. The third kappa shape index (κ3) is 4.11. The van der Waals surface area contributed by atoms with Crippen molar-refractivity contribution in [1.29, 1.82) is 0 Å². The van der Waals surface area contributed by atoms with Gasteiger partial charge in [0.2, 0.25) is 5.91 Å². The maximum absolute atomic E-state index is 11.5. The molecule has 0 saturated carbocycles. The normalized spacial score (nSPS) is 22.3. The summed E-state index contributed by atoms with van der Waals surface area (Å²) < 4.78 is 0. The molecule has 0 radical (unpaired) electrons. The lowest BCUT2D eigenvalue weighted by Gasteiger charge is -2.11. The van der Waals surface area contributed by atoms with Gasteiger partial charge in [-0.05, 0) is 25.0 Å². The number of aliphatic carboxylic acids is 1. The van der Waals surface area contributed by atoms with Crippen molar-refractivity contribution in [1.82, 2.24) is 5.32 Å². The lowest BCUT2D eigenvalue weighted by atomic mass is 10.1. The van der Waals surface area contributed by atoms with Gasteiger partial charge in [-0.1, -0.05) is 6.92 Å². The first-order valence-corrected chi connectivity index (χ1v) is 6.28. The summed E-state index contributed by atoms with van der Waals surface area (Å²) in [6.45, 7) is 2.11. The monoisotopic (exact) mass is 231 g/mol. The minimum atomic E-state index is -0.806. The first kappa shape index (κ1) is 12.4. The summed E-state index contributed by atoms with van der Waals surface area (Å²) in [4.78, 5) is 22.0. The number of carbonyl (C=O) groups is 2. The van der Waals surface area contributed by atoms with E-state index in [1.54, 1.807) is 18.7 Å². The Kier molecular flexibility index (Phi) is 4.94. The van der Waals surface area contributed by atoms with Gasteiger partial charge >= 0.3 is 5.97 Å². The highest BCUT2D eigenvalue weighted by molar-refractivity contribution is 8.00. The summed E-state index contributed by atoms with van der Waals surface area (Å²) >= 11 is 1.69. The Hall–Kier alpha value is -0.710. The summed E-state index contributed by atoms with van der Waals surface area (Å²) in [5.41, 5.74) is 0. The van der Waals surface area contributed by atoms with Crippen molar-refractivity contribution < 1.29 is 14.7 Å². The molecule has 0 spiro atoms. The van der Waals surface area contributed by atoms with Gasteiger partial charge in [0, 0.05) is 6.54 Å². The summed E-state index contributed by atoms with van der Waals surface area (Å²) in [6.07, 6.45) is 2.55. The number of thioether (sulfide) groups is 1. The van der Waals surface area contributed by atoms with E-state index in [4.69, 9.17) is 5.11 Å². The van der Waals surface area contributed by atoms with Crippen molar-refractivity contribution in [3.63, 3.8) is 0 Å². The Labute approximate surface area is 93.8 Å². The van der Waals surface area contributed by atoms with Crippen LogP contribution in [0, 0.1) is 5.92 Å². The maximum Gasteiger partial charge on any atom is 0.306 e. The van der Waals surface area contributed by atoms with Crippen LogP contribution in [0.5, 0.6) is 0 Å². The van der Waals surface area contributed by atoms with E-state index in [0.29, 0.717) is 13.0 Å². The van der Waals surface area contributed by atoms with E-state index in [1.807, 2.05) is 0 Å². The first-order chi connectivity index (χ1) is 7.11. The van der Waals surface area contributed by atoms with E-state index in [2.05, 4.69) is 5.32 Å². The molecule has 1 aliphatic heterocycles. The van der Waals surface area contributed by atoms with Gasteiger partial charge in [-0.2, -0.15) is 0 Å². The van der Waals surface area contributed by atoms with Crippen LogP contribution in [0.2, 0.25) is 0 Å². The minimum absolute atomic E-state index is 0.0649. The van der Waals surface area contributed by atoms with Crippen LogP contribution in [0.15, 0.2) is 0 Å². The summed E-state index contributed by atoms with van der Waals surface area (Å²) in [7, 11) is 0. The fraction of sp³-hybridized carbons (Fsp3) is 0.800. The zero-order chi connectivity index (χ0) is 11.3. The van der Waals surface area contributed by atoms with Gasteiger partial charge < -0.3 is 10.4 Å². The van der Waals surface area contributed by atoms with Crippen LogP contribution in [-0.2, 0) is 9.59 Å². The van der Waals surface area contributed by atoms with Gasteiger partial charge in [0.25, 0.3) is 0 Å². The predicted octanol–water partition coefficient (Wildman–Crippen LogP) is 1.11. The number of amides is 1. The molecule has 2 atom stereocenters. The standard InChI is InChI=1S/C10H17NO3S/c1-7(10(13)14)4-5-11-9(12)8-3-2-6-15-8/h7-8H,2-6H2,1H3,(H,11,12)(H,13,14). The molecule has 1 saturated heterocycles. The van der Waals surface area contributed by atoms with E-state index < -0.39 is 5.97 Å². The molecule has 0 aromatic rings. The first-order valence-electron chi connectivity index (χ1n) is 5.23. The molecule has 4 nitrogen and oxygen atoms in total. The lowest BCUT2D eigenvalue weighted by Crippen LogP contribution is -2.33. The van der Waals surface area contributed by atoms with Crippen LogP contribution in [0.3, 0.4) is 0 Å². The molecule has 2 unspecified atom stereocenters. The predicted molar refractivity (Wildman–Crippen MR) is 59.9 cm³/mol. The molecule has 1 aliphatic rings. The van der Waals surface area contributed by atoms with Crippen molar-refractivity contribution in [2.24, 2.45) is 5.92 Å². The smallest absolute Gasteiger partial charge is 0.306 e. The molecule has 86 valence electrons. The van der Waals surface area contributed by atoms with Crippen molar-refractivity contribution in [2.75, 3.05) is 12.3 Å². The Morgan fingerprint density at radius 1 is 1.60 bits per heavy atom. The Balaban J connectivity index is 2.14. The molecule has 5 heteroatoms. The maximum atomic E-state index is 11.5. The van der Waals surface area contributed by atoms with E-state index in [-0.39, 0.29) is 17.1 Å². The van der Waals surface area contributed by atoms with Gasteiger partial charge in [-0.3, -0.25) is 9.59 Å². The van der Waals surface area contributed by atoms with E-state index in [0.717, 1.165) is 18.6 Å². The van der Waals surface area contributed by atoms with E-state index in [9.17, 15) is 9.59 Å². The molecule has 0 bridgehead atoms. The van der Waals surface area contributed by atoms with Crippen LogP contribution in [0.4, 0.5) is 0 Å². The Morgan fingerprint density at radius 3 is 2.87 bits per heavy atom. The zero-order valence-electron chi connectivity index (χ0n) is 8.86. The zero-order valence-corrected chi connectivity index (χ0v) is 9.68. The third-order valence-corrected chi connectivity index (χ3v) is 3.90. The van der Waals surface area contributed by atoms with E-state index >= 15 is 0 Å². The largest absolute Gasteiger partial charge is 0.481 e. The van der Waals surface area contributed by atoms with Gasteiger partial charge in [0.1, 0.15) is 0 Å². The van der Waals surface area contributed by atoms with Crippen LogP contribution < -0.4 is 5.32 Å². The molecule has 1 rings (SSSR count). The van der Waals surface area contributed by atoms with Gasteiger partial charge in [0.15, 0.2) is 0 Å². The second-order valence-electron chi connectivity index (χ2n) is 3.82. The second kappa shape index (κ2) is 6.00. The fourth-order valence-electron chi connectivity index (χ4n) is 1.43. The number of hydrogen-bond acceptors (Lipinski definition) is 3.